The number of benzene rings is 1. The maximum atomic E-state index is 12.2. The molecule has 0 radical (unpaired) electrons. The average Bonchev–Trinajstić information content (AvgIpc) is 2.96. The second kappa shape index (κ2) is 5.65. The van der Waals surface area contributed by atoms with Crippen molar-refractivity contribution < 1.29 is 8.42 Å². The number of hydrogen-bond acceptors (Lipinski definition) is 5. The van der Waals surface area contributed by atoms with Crippen LogP contribution in [-0.4, -0.2) is 18.0 Å². The molecule has 1 aromatic carbocycles. The van der Waals surface area contributed by atoms with Gasteiger partial charge in [0.05, 0.1) is 23.1 Å². The third-order valence-electron chi connectivity index (χ3n) is 2.76. The molecule has 1 N–H and O–H groups in total. The number of imidazole rings is 1. The summed E-state index contributed by atoms with van der Waals surface area (Å²) >= 11 is 0. The van der Waals surface area contributed by atoms with Gasteiger partial charge in [-0.3, -0.25) is 4.72 Å². The number of nitriles is 2. The molecule has 0 fully saturated rings. The summed E-state index contributed by atoms with van der Waals surface area (Å²) in [6.07, 6.45) is 2.84. The van der Waals surface area contributed by atoms with Crippen LogP contribution in [0.4, 0.5) is 5.69 Å². The van der Waals surface area contributed by atoms with Crippen molar-refractivity contribution in [1.29, 1.82) is 10.5 Å². The average molecular weight is 301 g/mol. The van der Waals surface area contributed by atoms with Crippen molar-refractivity contribution in [2.75, 3.05) is 4.72 Å². The van der Waals surface area contributed by atoms with E-state index in [0.717, 1.165) is 0 Å². The number of aromatic nitrogens is 2. The van der Waals surface area contributed by atoms with Gasteiger partial charge in [0, 0.05) is 12.7 Å². The van der Waals surface area contributed by atoms with E-state index in [1.54, 1.807) is 4.57 Å². The molecule has 21 heavy (non-hydrogen) atoms. The first-order chi connectivity index (χ1) is 10.00. The molecule has 0 atom stereocenters. The first kappa shape index (κ1) is 14.6. The zero-order valence-corrected chi connectivity index (χ0v) is 11.9. The summed E-state index contributed by atoms with van der Waals surface area (Å²) in [6.45, 7) is 2.48. The molecule has 106 valence electrons. The Morgan fingerprint density at radius 1 is 1.29 bits per heavy atom. The Labute approximate surface area is 122 Å². The number of sulfonamides is 1. The van der Waals surface area contributed by atoms with Gasteiger partial charge in [-0.05, 0) is 25.1 Å². The lowest BCUT2D eigenvalue weighted by Gasteiger charge is -2.06. The van der Waals surface area contributed by atoms with Crippen LogP contribution in [0.25, 0.3) is 0 Å². The summed E-state index contributed by atoms with van der Waals surface area (Å²) in [6, 6.07) is 7.84. The van der Waals surface area contributed by atoms with Gasteiger partial charge in [-0.2, -0.15) is 18.9 Å². The quantitative estimate of drug-likeness (QED) is 0.918. The van der Waals surface area contributed by atoms with E-state index in [4.69, 9.17) is 10.5 Å². The molecule has 0 aliphatic carbocycles. The Bertz CT molecular complexity index is 855. The molecule has 1 aromatic heterocycles. The normalized spacial score (nSPS) is 10.6. The lowest BCUT2D eigenvalue weighted by molar-refractivity contribution is 0.598. The molecule has 8 heteroatoms. The molecule has 1 heterocycles. The van der Waals surface area contributed by atoms with Gasteiger partial charge in [0.25, 0.3) is 10.0 Å². The molecule has 0 aliphatic heterocycles. The van der Waals surface area contributed by atoms with Crippen molar-refractivity contribution in [2.45, 2.75) is 18.5 Å². The van der Waals surface area contributed by atoms with Crippen LogP contribution in [0.15, 0.2) is 35.7 Å². The Hall–Kier alpha value is -2.84. The summed E-state index contributed by atoms with van der Waals surface area (Å²) in [5.74, 6) is 0. The van der Waals surface area contributed by atoms with Gasteiger partial charge in [0.1, 0.15) is 12.1 Å². The summed E-state index contributed by atoms with van der Waals surface area (Å²) in [5, 5.41) is 17.7. The topological polar surface area (TPSA) is 112 Å². The molecule has 0 amide bonds. The van der Waals surface area contributed by atoms with Gasteiger partial charge in [-0.15, -0.1) is 0 Å². The molecule has 7 nitrogen and oxygen atoms in total. The molecule has 2 aromatic rings. The van der Waals surface area contributed by atoms with Crippen LogP contribution in [0.3, 0.4) is 0 Å². The fourth-order valence-electron chi connectivity index (χ4n) is 1.66. The zero-order valence-electron chi connectivity index (χ0n) is 11.1. The van der Waals surface area contributed by atoms with Crippen LogP contribution < -0.4 is 4.72 Å². The van der Waals surface area contributed by atoms with Crippen molar-refractivity contribution in [3.63, 3.8) is 0 Å². The van der Waals surface area contributed by atoms with E-state index < -0.39 is 10.0 Å². The number of aryl methyl sites for hydroxylation is 1. The van der Waals surface area contributed by atoms with Crippen LogP contribution in [-0.2, 0) is 16.6 Å². The molecule has 0 spiro atoms. The molecule has 0 saturated heterocycles. The minimum absolute atomic E-state index is 0.104. The highest BCUT2D eigenvalue weighted by molar-refractivity contribution is 7.92. The second-order valence-electron chi connectivity index (χ2n) is 4.13. The maximum Gasteiger partial charge on any atom is 0.280 e. The van der Waals surface area contributed by atoms with E-state index in [1.807, 2.05) is 19.1 Å². The Morgan fingerprint density at radius 3 is 2.57 bits per heavy atom. The third-order valence-corrected chi connectivity index (χ3v) is 4.03. The van der Waals surface area contributed by atoms with Crippen molar-refractivity contribution in [3.05, 3.63) is 41.9 Å². The maximum absolute atomic E-state index is 12.2. The number of anilines is 1. The largest absolute Gasteiger partial charge is 0.336 e. The minimum atomic E-state index is -3.82. The van der Waals surface area contributed by atoms with Gasteiger partial charge in [0.2, 0.25) is 0 Å². The van der Waals surface area contributed by atoms with Crippen LogP contribution >= 0.6 is 0 Å². The van der Waals surface area contributed by atoms with E-state index in [0.29, 0.717) is 6.54 Å². The van der Waals surface area contributed by atoms with E-state index >= 15 is 0 Å². The minimum Gasteiger partial charge on any atom is -0.336 e. The van der Waals surface area contributed by atoms with Crippen LogP contribution in [0, 0.1) is 22.7 Å². The molecule has 0 unspecified atom stereocenters. The van der Waals surface area contributed by atoms with Gasteiger partial charge in [-0.1, -0.05) is 0 Å². The predicted octanol–water partition coefficient (Wildman–Crippen LogP) is 1.45. The Balaban J connectivity index is 2.33. The first-order valence-corrected chi connectivity index (χ1v) is 7.47. The molecular weight excluding hydrogens is 290 g/mol. The molecular formula is C13H11N5O2S. The number of nitrogens with zero attached hydrogens (tertiary/aromatic N) is 4. The van der Waals surface area contributed by atoms with E-state index in [9.17, 15) is 8.42 Å². The van der Waals surface area contributed by atoms with Crippen LogP contribution in [0.1, 0.15) is 18.1 Å². The fraction of sp³-hybridized carbons (Fsp3) is 0.154. The van der Waals surface area contributed by atoms with E-state index in [1.165, 1.54) is 30.7 Å². The predicted molar refractivity (Wildman–Crippen MR) is 74.6 cm³/mol. The van der Waals surface area contributed by atoms with E-state index in [-0.39, 0.29) is 21.8 Å². The highest BCUT2D eigenvalue weighted by Gasteiger charge is 2.18. The number of nitrogens with one attached hydrogen (secondary N) is 1. The Kier molecular flexibility index (Phi) is 3.92. The molecule has 0 aliphatic rings. The van der Waals surface area contributed by atoms with E-state index in [2.05, 4.69) is 9.71 Å². The van der Waals surface area contributed by atoms with Crippen molar-refractivity contribution in [3.8, 4) is 12.1 Å². The number of hydrogen-bond donors (Lipinski definition) is 1. The third kappa shape index (κ3) is 3.02. The lowest BCUT2D eigenvalue weighted by atomic mass is 10.1. The summed E-state index contributed by atoms with van der Waals surface area (Å²) in [4.78, 5) is 3.83. The molecule has 2 rings (SSSR count). The molecule has 0 saturated carbocycles. The Morgan fingerprint density at radius 2 is 2.00 bits per heavy atom. The monoisotopic (exact) mass is 301 g/mol. The summed E-state index contributed by atoms with van der Waals surface area (Å²) < 4.78 is 28.3. The summed E-state index contributed by atoms with van der Waals surface area (Å²) in [5.41, 5.74) is 0.504. The summed E-state index contributed by atoms with van der Waals surface area (Å²) in [7, 11) is -3.82. The SMILES string of the molecule is CCn1cnc(S(=O)(=O)Nc2ccc(C#N)c(C#N)c2)c1. The lowest BCUT2D eigenvalue weighted by Crippen LogP contribution is -2.13. The van der Waals surface area contributed by atoms with Gasteiger partial charge in [0.15, 0.2) is 5.03 Å². The zero-order chi connectivity index (χ0) is 15.5. The van der Waals surface area contributed by atoms with Crippen molar-refractivity contribution >= 4 is 15.7 Å². The van der Waals surface area contributed by atoms with Crippen molar-refractivity contribution in [1.82, 2.24) is 9.55 Å². The van der Waals surface area contributed by atoms with Gasteiger partial charge < -0.3 is 4.57 Å². The van der Waals surface area contributed by atoms with Gasteiger partial charge in [-0.25, -0.2) is 4.98 Å². The van der Waals surface area contributed by atoms with Crippen LogP contribution in [0.5, 0.6) is 0 Å². The number of rotatable bonds is 4. The fourth-order valence-corrected chi connectivity index (χ4v) is 2.66. The molecule has 0 bridgehead atoms. The van der Waals surface area contributed by atoms with Gasteiger partial charge >= 0.3 is 0 Å². The van der Waals surface area contributed by atoms with Crippen LogP contribution in [0.2, 0.25) is 0 Å². The highest BCUT2D eigenvalue weighted by atomic mass is 32.2. The smallest absolute Gasteiger partial charge is 0.280 e. The standard InChI is InChI=1S/C13H11N5O2S/c1-2-18-8-13(16-9-18)21(19,20)17-12-4-3-10(6-14)11(5-12)7-15/h3-5,8-9,17H,2H2,1H3. The first-order valence-electron chi connectivity index (χ1n) is 5.99. The second-order valence-corrected chi connectivity index (χ2v) is 5.76. The highest BCUT2D eigenvalue weighted by Crippen LogP contribution is 2.18. The van der Waals surface area contributed by atoms with Crippen molar-refractivity contribution in [2.24, 2.45) is 0 Å².